The summed E-state index contributed by atoms with van der Waals surface area (Å²) in [6.07, 6.45) is 7.40. The van der Waals surface area contributed by atoms with Crippen molar-refractivity contribution in [3.8, 4) is 0 Å². The van der Waals surface area contributed by atoms with Crippen molar-refractivity contribution in [2.45, 2.75) is 33.1 Å². The summed E-state index contributed by atoms with van der Waals surface area (Å²) in [6, 6.07) is 6.48. The van der Waals surface area contributed by atoms with E-state index in [2.05, 4.69) is 49.1 Å². The molecule has 3 heteroatoms. The monoisotopic (exact) mass is 298 g/mol. The molecule has 1 aliphatic carbocycles. The van der Waals surface area contributed by atoms with Crippen LogP contribution < -0.4 is 4.90 Å². The van der Waals surface area contributed by atoms with E-state index in [0.717, 1.165) is 39.0 Å². The summed E-state index contributed by atoms with van der Waals surface area (Å²) < 4.78 is 0. The van der Waals surface area contributed by atoms with Gasteiger partial charge < -0.3 is 9.80 Å². The number of piperazine rings is 1. The summed E-state index contributed by atoms with van der Waals surface area (Å²) in [4.78, 5) is 16.9. The number of benzene rings is 1. The van der Waals surface area contributed by atoms with E-state index in [4.69, 9.17) is 0 Å². The van der Waals surface area contributed by atoms with Gasteiger partial charge in [0, 0.05) is 38.3 Å². The molecule has 1 atom stereocenters. The van der Waals surface area contributed by atoms with Crippen LogP contribution in [0.4, 0.5) is 5.69 Å². The van der Waals surface area contributed by atoms with E-state index in [9.17, 15) is 4.79 Å². The maximum absolute atomic E-state index is 12.4. The van der Waals surface area contributed by atoms with Gasteiger partial charge in [-0.05, 0) is 49.8 Å². The number of allylic oxidation sites excluding steroid dienone is 2. The van der Waals surface area contributed by atoms with Crippen LogP contribution >= 0.6 is 0 Å². The molecule has 1 unspecified atom stereocenters. The van der Waals surface area contributed by atoms with Gasteiger partial charge >= 0.3 is 0 Å². The molecule has 0 N–H and O–H groups in total. The Morgan fingerprint density at radius 3 is 2.64 bits per heavy atom. The van der Waals surface area contributed by atoms with Crippen molar-refractivity contribution in [1.29, 1.82) is 0 Å². The van der Waals surface area contributed by atoms with Crippen LogP contribution in [0.1, 0.15) is 30.4 Å². The second-order valence-corrected chi connectivity index (χ2v) is 6.56. The van der Waals surface area contributed by atoms with E-state index >= 15 is 0 Å². The summed E-state index contributed by atoms with van der Waals surface area (Å²) in [5, 5.41) is 0. The highest BCUT2D eigenvalue weighted by Crippen LogP contribution is 2.25. The van der Waals surface area contributed by atoms with Crippen LogP contribution in [0.2, 0.25) is 0 Å². The van der Waals surface area contributed by atoms with Crippen LogP contribution in [-0.4, -0.2) is 37.0 Å². The molecule has 0 saturated carbocycles. The number of hydrogen-bond acceptors (Lipinski definition) is 2. The molecule has 1 aromatic rings. The molecule has 1 saturated heterocycles. The molecule has 0 aromatic heterocycles. The summed E-state index contributed by atoms with van der Waals surface area (Å²) in [5.41, 5.74) is 4.02. The Morgan fingerprint density at radius 1 is 1.18 bits per heavy atom. The van der Waals surface area contributed by atoms with Gasteiger partial charge in [-0.1, -0.05) is 24.3 Å². The second-order valence-electron chi connectivity index (χ2n) is 6.56. The molecule has 3 nitrogen and oxygen atoms in total. The van der Waals surface area contributed by atoms with Crippen molar-refractivity contribution < 1.29 is 4.79 Å². The number of carbonyl (C=O) groups excluding carboxylic acids is 1. The fourth-order valence-corrected chi connectivity index (χ4v) is 3.49. The first kappa shape index (κ1) is 15.1. The Hall–Kier alpha value is -1.77. The van der Waals surface area contributed by atoms with Crippen molar-refractivity contribution in [1.82, 2.24) is 4.90 Å². The number of aryl methyl sites for hydroxylation is 1. The predicted octanol–water partition coefficient (Wildman–Crippen LogP) is 3.31. The molecule has 3 rings (SSSR count). The van der Waals surface area contributed by atoms with Crippen LogP contribution in [-0.2, 0) is 4.79 Å². The van der Waals surface area contributed by atoms with Gasteiger partial charge in [0.2, 0.25) is 5.91 Å². The molecule has 0 radical (unpaired) electrons. The fourth-order valence-electron chi connectivity index (χ4n) is 3.49. The lowest BCUT2D eigenvalue weighted by molar-refractivity contribution is -0.132. The predicted molar refractivity (Wildman–Crippen MR) is 91.2 cm³/mol. The van der Waals surface area contributed by atoms with Crippen molar-refractivity contribution in [2.75, 3.05) is 31.1 Å². The van der Waals surface area contributed by atoms with Gasteiger partial charge in [-0.3, -0.25) is 4.79 Å². The minimum absolute atomic E-state index is 0.331. The number of rotatable bonds is 3. The summed E-state index contributed by atoms with van der Waals surface area (Å²) in [7, 11) is 0. The van der Waals surface area contributed by atoms with Gasteiger partial charge in [0.05, 0.1) is 0 Å². The number of nitrogens with zero attached hydrogens (tertiary/aromatic N) is 2. The van der Waals surface area contributed by atoms with E-state index in [0.29, 0.717) is 18.2 Å². The molecule has 22 heavy (non-hydrogen) atoms. The first-order valence-electron chi connectivity index (χ1n) is 8.41. The third kappa shape index (κ3) is 3.18. The molecule has 0 bridgehead atoms. The lowest BCUT2D eigenvalue weighted by atomic mass is 10.0. The molecule has 1 heterocycles. The molecular weight excluding hydrogens is 272 g/mol. The van der Waals surface area contributed by atoms with E-state index in [1.807, 2.05) is 4.90 Å². The van der Waals surface area contributed by atoms with Gasteiger partial charge in [-0.2, -0.15) is 0 Å². The average Bonchev–Trinajstić information content (AvgIpc) is 3.03. The molecule has 0 spiro atoms. The van der Waals surface area contributed by atoms with Crippen molar-refractivity contribution >= 4 is 11.6 Å². The van der Waals surface area contributed by atoms with Crippen molar-refractivity contribution in [2.24, 2.45) is 5.92 Å². The molecular formula is C19H26N2O. The highest BCUT2D eigenvalue weighted by Gasteiger charge is 2.24. The van der Waals surface area contributed by atoms with Crippen LogP contribution in [0.3, 0.4) is 0 Å². The first-order chi connectivity index (χ1) is 10.6. The SMILES string of the molecule is Cc1cccc(N2CCN(C(=O)CC3C=CCC3)CC2)c1C. The van der Waals surface area contributed by atoms with E-state index in [-0.39, 0.29) is 0 Å². The Bertz CT molecular complexity index is 571. The zero-order valence-electron chi connectivity index (χ0n) is 13.7. The van der Waals surface area contributed by atoms with Crippen LogP contribution in [0.5, 0.6) is 0 Å². The normalized spacial score (nSPS) is 21.5. The quantitative estimate of drug-likeness (QED) is 0.799. The zero-order valence-corrected chi connectivity index (χ0v) is 13.7. The topological polar surface area (TPSA) is 23.6 Å². The number of amides is 1. The van der Waals surface area contributed by atoms with Crippen LogP contribution in [0.15, 0.2) is 30.4 Å². The van der Waals surface area contributed by atoms with E-state index in [1.54, 1.807) is 0 Å². The number of anilines is 1. The third-order valence-electron chi connectivity index (χ3n) is 5.10. The number of hydrogen-bond donors (Lipinski definition) is 0. The minimum Gasteiger partial charge on any atom is -0.368 e. The lowest BCUT2D eigenvalue weighted by Gasteiger charge is -2.37. The Morgan fingerprint density at radius 2 is 1.95 bits per heavy atom. The van der Waals surface area contributed by atoms with Crippen LogP contribution in [0, 0.1) is 19.8 Å². The molecule has 1 aliphatic heterocycles. The first-order valence-corrected chi connectivity index (χ1v) is 8.41. The highest BCUT2D eigenvalue weighted by atomic mass is 16.2. The molecule has 2 aliphatic rings. The Kier molecular flexibility index (Phi) is 4.51. The van der Waals surface area contributed by atoms with Gasteiger partial charge in [0.25, 0.3) is 0 Å². The van der Waals surface area contributed by atoms with Gasteiger partial charge in [0.15, 0.2) is 0 Å². The molecule has 1 aromatic carbocycles. The van der Waals surface area contributed by atoms with Gasteiger partial charge in [-0.15, -0.1) is 0 Å². The van der Waals surface area contributed by atoms with E-state index < -0.39 is 0 Å². The van der Waals surface area contributed by atoms with Crippen LogP contribution in [0.25, 0.3) is 0 Å². The molecule has 1 amide bonds. The second kappa shape index (κ2) is 6.55. The summed E-state index contributed by atoms with van der Waals surface area (Å²) >= 11 is 0. The maximum atomic E-state index is 12.4. The highest BCUT2D eigenvalue weighted by molar-refractivity contribution is 5.77. The Labute approximate surface area is 133 Å². The van der Waals surface area contributed by atoms with E-state index in [1.165, 1.54) is 16.8 Å². The summed E-state index contributed by atoms with van der Waals surface area (Å²) in [6.45, 7) is 7.93. The summed E-state index contributed by atoms with van der Waals surface area (Å²) in [5.74, 6) is 0.807. The van der Waals surface area contributed by atoms with Crippen molar-refractivity contribution in [3.63, 3.8) is 0 Å². The van der Waals surface area contributed by atoms with Gasteiger partial charge in [0.1, 0.15) is 0 Å². The zero-order chi connectivity index (χ0) is 15.5. The Balaban J connectivity index is 1.56. The van der Waals surface area contributed by atoms with Crippen molar-refractivity contribution in [3.05, 3.63) is 41.5 Å². The smallest absolute Gasteiger partial charge is 0.223 e. The fraction of sp³-hybridized carbons (Fsp3) is 0.526. The molecule has 1 fully saturated rings. The number of carbonyl (C=O) groups is 1. The van der Waals surface area contributed by atoms with Gasteiger partial charge in [-0.25, -0.2) is 0 Å². The lowest BCUT2D eigenvalue weighted by Crippen LogP contribution is -2.49. The average molecular weight is 298 g/mol. The third-order valence-corrected chi connectivity index (χ3v) is 5.10. The minimum atomic E-state index is 0.331. The largest absolute Gasteiger partial charge is 0.368 e. The molecule has 118 valence electrons. The maximum Gasteiger partial charge on any atom is 0.223 e. The standard InChI is InChI=1S/C19H26N2O/c1-15-6-5-9-18(16(15)2)20-10-12-21(13-11-20)19(22)14-17-7-3-4-8-17/h3,5-7,9,17H,4,8,10-14H2,1-2H3.